The van der Waals surface area contributed by atoms with E-state index in [1.807, 2.05) is 0 Å². The van der Waals surface area contributed by atoms with Crippen molar-refractivity contribution in [3.05, 3.63) is 52.8 Å². The maximum atomic E-state index is 12.8. The number of fused-ring (bicyclic) bond motifs is 1. The van der Waals surface area contributed by atoms with Crippen molar-refractivity contribution >= 4 is 34.5 Å². The van der Waals surface area contributed by atoms with Crippen molar-refractivity contribution in [2.24, 2.45) is 0 Å². The Bertz CT molecular complexity index is 1330. The lowest BCUT2D eigenvalue weighted by molar-refractivity contribution is -0.352. The number of carboxylic acid groups (broad SMARTS) is 1. The first-order chi connectivity index (χ1) is 17.6. The normalized spacial score (nSPS) is 24.1. The number of ether oxygens (including phenoxy) is 1. The first kappa shape index (κ1) is 25.2. The molecule has 196 valence electrons. The summed E-state index contributed by atoms with van der Waals surface area (Å²) in [6, 6.07) is 5.62. The van der Waals surface area contributed by atoms with Gasteiger partial charge in [-0.15, -0.1) is 23.4 Å². The van der Waals surface area contributed by atoms with Crippen LogP contribution in [0.2, 0.25) is 5.02 Å². The fraction of sp³-hybridized carbons (Fsp3) is 0.435. The van der Waals surface area contributed by atoms with Crippen molar-refractivity contribution < 1.29 is 37.0 Å². The van der Waals surface area contributed by atoms with E-state index in [1.54, 1.807) is 24.3 Å². The Morgan fingerprint density at radius 2 is 1.92 bits per heavy atom. The van der Waals surface area contributed by atoms with Gasteiger partial charge in [0.25, 0.3) is 5.91 Å². The van der Waals surface area contributed by atoms with Gasteiger partial charge < -0.3 is 14.8 Å². The summed E-state index contributed by atoms with van der Waals surface area (Å²) in [6.45, 7) is -0.00893. The third-order valence-electron chi connectivity index (χ3n) is 6.56. The Morgan fingerprint density at radius 3 is 2.65 bits per heavy atom. The second-order valence-corrected chi connectivity index (χ2v) is 9.53. The van der Waals surface area contributed by atoms with Gasteiger partial charge in [-0.1, -0.05) is 17.7 Å². The van der Waals surface area contributed by atoms with Gasteiger partial charge >= 0.3 is 12.5 Å². The average Bonchev–Trinajstić information content (AvgIpc) is 3.29. The SMILES string of the molecule is O=C(N[C@H]1CC[C@H](c2nnc(C3CC(OC(F)(F)F)C3)o2)N(C(=O)O)C1)c1cnc2cc(Cl)ccc2c1. The lowest BCUT2D eigenvalue weighted by Gasteiger charge is -2.36. The Morgan fingerprint density at radius 1 is 1.16 bits per heavy atom. The van der Waals surface area contributed by atoms with Crippen LogP contribution in [0, 0.1) is 0 Å². The van der Waals surface area contributed by atoms with Crippen molar-refractivity contribution in [1.29, 1.82) is 0 Å². The highest BCUT2D eigenvalue weighted by Gasteiger charge is 2.43. The minimum Gasteiger partial charge on any atom is -0.465 e. The number of pyridine rings is 1. The maximum Gasteiger partial charge on any atom is 0.522 e. The van der Waals surface area contributed by atoms with Gasteiger partial charge in [0.1, 0.15) is 6.04 Å². The van der Waals surface area contributed by atoms with E-state index in [0.717, 1.165) is 10.3 Å². The molecule has 1 aromatic carbocycles. The van der Waals surface area contributed by atoms with E-state index in [2.05, 4.69) is 25.2 Å². The molecular formula is C23H21ClF3N5O5. The summed E-state index contributed by atoms with van der Waals surface area (Å²) in [6.07, 6.45) is -4.56. The van der Waals surface area contributed by atoms with Gasteiger partial charge in [-0.05, 0) is 43.9 Å². The van der Waals surface area contributed by atoms with Crippen molar-refractivity contribution in [3.63, 3.8) is 0 Å². The number of benzene rings is 1. The van der Waals surface area contributed by atoms with Gasteiger partial charge in [0.2, 0.25) is 11.8 Å². The van der Waals surface area contributed by atoms with Crippen molar-refractivity contribution in [3.8, 4) is 0 Å². The van der Waals surface area contributed by atoms with Gasteiger partial charge in [0, 0.05) is 35.1 Å². The van der Waals surface area contributed by atoms with Crippen LogP contribution >= 0.6 is 11.6 Å². The quantitative estimate of drug-likeness (QED) is 0.478. The zero-order valence-electron chi connectivity index (χ0n) is 19.1. The van der Waals surface area contributed by atoms with Crippen LogP contribution < -0.4 is 5.32 Å². The molecule has 0 bridgehead atoms. The zero-order chi connectivity index (χ0) is 26.3. The predicted octanol–water partition coefficient (Wildman–Crippen LogP) is 4.67. The predicted molar refractivity (Wildman–Crippen MR) is 122 cm³/mol. The summed E-state index contributed by atoms with van der Waals surface area (Å²) >= 11 is 5.97. The third kappa shape index (κ3) is 5.62. The van der Waals surface area contributed by atoms with E-state index < -0.39 is 30.6 Å². The molecule has 3 heterocycles. The minimum absolute atomic E-state index is 0.00893. The number of hydrogen-bond acceptors (Lipinski definition) is 7. The number of carbonyl (C=O) groups is 2. The molecule has 0 radical (unpaired) electrons. The number of nitrogens with zero attached hydrogens (tertiary/aromatic N) is 4. The molecule has 2 atom stereocenters. The molecule has 37 heavy (non-hydrogen) atoms. The second kappa shape index (κ2) is 9.78. The molecule has 14 heteroatoms. The molecule has 0 spiro atoms. The number of alkyl halides is 3. The van der Waals surface area contributed by atoms with Crippen LogP contribution in [0.1, 0.15) is 59.8 Å². The molecule has 10 nitrogen and oxygen atoms in total. The highest BCUT2D eigenvalue weighted by molar-refractivity contribution is 6.31. The van der Waals surface area contributed by atoms with E-state index >= 15 is 0 Å². The minimum atomic E-state index is -4.70. The molecule has 2 fully saturated rings. The molecule has 1 saturated heterocycles. The summed E-state index contributed by atoms with van der Waals surface area (Å²) in [5, 5.41) is 21.8. The molecule has 5 rings (SSSR count). The number of halogens is 4. The summed E-state index contributed by atoms with van der Waals surface area (Å²) in [4.78, 5) is 30.2. The number of carbonyl (C=O) groups excluding carboxylic acids is 1. The van der Waals surface area contributed by atoms with Crippen LogP contribution in [0.5, 0.6) is 0 Å². The zero-order valence-corrected chi connectivity index (χ0v) is 19.9. The van der Waals surface area contributed by atoms with Gasteiger partial charge in [0.15, 0.2) is 0 Å². The first-order valence-electron chi connectivity index (χ1n) is 11.5. The molecule has 1 saturated carbocycles. The van der Waals surface area contributed by atoms with Crippen LogP contribution in [0.25, 0.3) is 10.9 Å². The number of rotatable bonds is 5. The van der Waals surface area contributed by atoms with Crippen LogP contribution in [0.3, 0.4) is 0 Å². The van der Waals surface area contributed by atoms with Crippen molar-refractivity contribution in [1.82, 2.24) is 25.4 Å². The summed E-state index contributed by atoms with van der Waals surface area (Å²) in [5.74, 6) is -0.546. The van der Waals surface area contributed by atoms with E-state index in [-0.39, 0.29) is 43.0 Å². The molecule has 1 aliphatic carbocycles. The third-order valence-corrected chi connectivity index (χ3v) is 6.79. The standard InChI is InChI=1S/C23H21ClF3N5O5/c24-14-2-1-11-5-13(9-28-17(11)8-14)19(33)29-15-3-4-18(32(10-15)22(34)35)21-31-30-20(36-21)12-6-16(7-12)37-23(25,26)27/h1-2,5,8-9,12,15-16,18H,3-4,6-7,10H2,(H,29,33)(H,34,35)/t12?,15-,16?,18+/m0/s1. The monoisotopic (exact) mass is 539 g/mol. The average molecular weight is 540 g/mol. The Labute approximate surface area is 212 Å². The van der Waals surface area contributed by atoms with Gasteiger partial charge in [0.05, 0.1) is 17.2 Å². The van der Waals surface area contributed by atoms with Gasteiger partial charge in [-0.25, -0.2) is 4.79 Å². The highest BCUT2D eigenvalue weighted by Crippen LogP contribution is 2.41. The molecule has 1 aliphatic heterocycles. The number of piperidine rings is 1. The molecule has 2 N–H and O–H groups in total. The lowest BCUT2D eigenvalue weighted by atomic mass is 9.82. The second-order valence-electron chi connectivity index (χ2n) is 9.09. The summed E-state index contributed by atoms with van der Waals surface area (Å²) in [5.41, 5.74) is 0.972. The molecule has 2 aliphatic rings. The molecule has 2 aromatic heterocycles. The Hall–Kier alpha value is -3.45. The topological polar surface area (TPSA) is 131 Å². The molecule has 2 amide bonds. The van der Waals surface area contributed by atoms with Crippen LogP contribution in [-0.2, 0) is 4.74 Å². The number of nitrogens with one attached hydrogen (secondary N) is 1. The number of amides is 2. The fourth-order valence-corrected chi connectivity index (χ4v) is 4.81. The van der Waals surface area contributed by atoms with Crippen molar-refractivity contribution in [2.45, 2.75) is 56.2 Å². The van der Waals surface area contributed by atoms with Gasteiger partial charge in [-0.3, -0.25) is 19.4 Å². The molecule has 3 aromatic rings. The number of aromatic nitrogens is 3. The molecule has 0 unspecified atom stereocenters. The van der Waals surface area contributed by atoms with Gasteiger partial charge in [-0.2, -0.15) is 0 Å². The Kier molecular flexibility index (Phi) is 6.67. The fourth-order valence-electron chi connectivity index (χ4n) is 4.64. The van der Waals surface area contributed by atoms with E-state index in [9.17, 15) is 27.9 Å². The molecular weight excluding hydrogens is 519 g/mol. The lowest BCUT2D eigenvalue weighted by Crippen LogP contribution is -2.50. The van der Waals surface area contributed by atoms with E-state index in [4.69, 9.17) is 16.0 Å². The van der Waals surface area contributed by atoms with E-state index in [1.165, 1.54) is 6.20 Å². The number of hydrogen-bond donors (Lipinski definition) is 2. The Balaban J connectivity index is 1.21. The highest BCUT2D eigenvalue weighted by atomic mass is 35.5. The maximum absolute atomic E-state index is 12.8. The van der Waals surface area contributed by atoms with Crippen LogP contribution in [0.15, 0.2) is 34.9 Å². The van der Waals surface area contributed by atoms with Crippen molar-refractivity contribution in [2.75, 3.05) is 6.54 Å². The first-order valence-corrected chi connectivity index (χ1v) is 11.9. The largest absolute Gasteiger partial charge is 0.522 e. The van der Waals surface area contributed by atoms with E-state index in [0.29, 0.717) is 28.9 Å². The number of likely N-dealkylation sites (tertiary alicyclic amines) is 1. The summed E-state index contributed by atoms with van der Waals surface area (Å²) < 4.78 is 46.6. The summed E-state index contributed by atoms with van der Waals surface area (Å²) in [7, 11) is 0. The van der Waals surface area contributed by atoms with Crippen LogP contribution in [-0.4, -0.2) is 62.2 Å². The van der Waals surface area contributed by atoms with Crippen LogP contribution in [0.4, 0.5) is 18.0 Å². The smallest absolute Gasteiger partial charge is 0.465 e.